The third-order valence-electron chi connectivity index (χ3n) is 3.29. The van der Waals surface area contributed by atoms with Gasteiger partial charge < -0.3 is 10.1 Å². The number of rotatable bonds is 8. The highest BCUT2D eigenvalue weighted by Gasteiger charge is 2.28. The van der Waals surface area contributed by atoms with E-state index in [1.54, 1.807) is 7.11 Å². The van der Waals surface area contributed by atoms with Crippen molar-refractivity contribution in [2.75, 3.05) is 27.3 Å². The molecule has 0 aliphatic rings. The standard InChI is InChI=1S/C13H27N3O/c1-11(2)16(7-8-17-6)12(3)9-13(4,10-14)15-5/h11-12,15H,7-9H2,1-6H3. The van der Waals surface area contributed by atoms with Crippen LogP contribution in [0, 0.1) is 11.3 Å². The Morgan fingerprint density at radius 2 is 2.00 bits per heavy atom. The topological polar surface area (TPSA) is 48.3 Å². The average Bonchev–Trinajstić information content (AvgIpc) is 2.29. The zero-order valence-electron chi connectivity index (χ0n) is 12.1. The molecule has 2 atom stereocenters. The molecule has 0 amide bonds. The minimum absolute atomic E-state index is 0.349. The van der Waals surface area contributed by atoms with Crippen molar-refractivity contribution < 1.29 is 4.74 Å². The molecule has 0 aliphatic heterocycles. The van der Waals surface area contributed by atoms with Gasteiger partial charge in [-0.15, -0.1) is 0 Å². The Morgan fingerprint density at radius 3 is 2.35 bits per heavy atom. The quantitative estimate of drug-likeness (QED) is 0.701. The van der Waals surface area contributed by atoms with Gasteiger partial charge in [0.25, 0.3) is 0 Å². The molecule has 0 rings (SSSR count). The molecule has 0 spiro atoms. The third-order valence-corrected chi connectivity index (χ3v) is 3.29. The van der Waals surface area contributed by atoms with Crippen LogP contribution in [0.1, 0.15) is 34.1 Å². The van der Waals surface area contributed by atoms with Gasteiger partial charge in [0.15, 0.2) is 0 Å². The van der Waals surface area contributed by atoms with Gasteiger partial charge in [-0.25, -0.2) is 0 Å². The molecule has 0 radical (unpaired) electrons. The van der Waals surface area contributed by atoms with E-state index in [9.17, 15) is 5.26 Å². The summed E-state index contributed by atoms with van der Waals surface area (Å²) in [5.74, 6) is 0. The molecule has 0 saturated carbocycles. The Labute approximate surface area is 106 Å². The highest BCUT2D eigenvalue weighted by atomic mass is 16.5. The Hall–Kier alpha value is -0.630. The molecule has 4 nitrogen and oxygen atoms in total. The fourth-order valence-corrected chi connectivity index (χ4v) is 2.10. The summed E-state index contributed by atoms with van der Waals surface area (Å²) in [6.07, 6.45) is 0.807. The number of ether oxygens (including phenoxy) is 1. The molecule has 0 aromatic rings. The lowest BCUT2D eigenvalue weighted by molar-refractivity contribution is 0.0908. The predicted octanol–water partition coefficient (Wildman–Crippen LogP) is 1.62. The maximum Gasteiger partial charge on any atom is 0.105 e. The number of nitrogens with one attached hydrogen (secondary N) is 1. The molecule has 2 unspecified atom stereocenters. The molecule has 1 N–H and O–H groups in total. The SMILES string of the molecule is CNC(C)(C#N)CC(C)N(CCOC)C(C)C. The van der Waals surface area contributed by atoms with Gasteiger partial charge in [-0.3, -0.25) is 4.90 Å². The fourth-order valence-electron chi connectivity index (χ4n) is 2.10. The van der Waals surface area contributed by atoms with Gasteiger partial charge in [-0.1, -0.05) is 0 Å². The molecule has 0 saturated heterocycles. The second-order valence-corrected chi connectivity index (χ2v) is 5.07. The van der Waals surface area contributed by atoms with Crippen LogP contribution in [0.3, 0.4) is 0 Å². The van der Waals surface area contributed by atoms with Gasteiger partial charge in [0.1, 0.15) is 5.54 Å². The Kier molecular flexibility index (Phi) is 7.37. The molecule has 0 aromatic carbocycles. The lowest BCUT2D eigenvalue weighted by Gasteiger charge is -2.36. The summed E-state index contributed by atoms with van der Waals surface area (Å²) < 4.78 is 5.13. The van der Waals surface area contributed by atoms with E-state index in [1.165, 1.54) is 0 Å². The molecule has 17 heavy (non-hydrogen) atoms. The van der Waals surface area contributed by atoms with Crippen LogP contribution in [-0.2, 0) is 4.74 Å². The number of hydrogen-bond acceptors (Lipinski definition) is 4. The van der Waals surface area contributed by atoms with Gasteiger partial charge in [0, 0.05) is 25.7 Å². The minimum atomic E-state index is -0.459. The largest absolute Gasteiger partial charge is 0.383 e. The van der Waals surface area contributed by atoms with Crippen molar-refractivity contribution >= 4 is 0 Å². The summed E-state index contributed by atoms with van der Waals surface area (Å²) in [6, 6.07) is 3.15. The van der Waals surface area contributed by atoms with E-state index in [0.29, 0.717) is 12.1 Å². The van der Waals surface area contributed by atoms with Crippen molar-refractivity contribution in [2.45, 2.75) is 51.7 Å². The van der Waals surface area contributed by atoms with E-state index >= 15 is 0 Å². The van der Waals surface area contributed by atoms with Gasteiger partial charge in [0.2, 0.25) is 0 Å². The Morgan fingerprint density at radius 1 is 1.41 bits per heavy atom. The molecule has 0 fully saturated rings. The van der Waals surface area contributed by atoms with Crippen LogP contribution in [0.4, 0.5) is 0 Å². The maximum atomic E-state index is 9.17. The van der Waals surface area contributed by atoms with E-state index in [0.717, 1.165) is 19.6 Å². The van der Waals surface area contributed by atoms with E-state index in [2.05, 4.69) is 37.1 Å². The van der Waals surface area contributed by atoms with Gasteiger partial charge in [-0.05, 0) is 41.2 Å². The summed E-state index contributed by atoms with van der Waals surface area (Å²) in [5, 5.41) is 12.3. The summed E-state index contributed by atoms with van der Waals surface area (Å²) in [7, 11) is 3.56. The van der Waals surface area contributed by atoms with Gasteiger partial charge >= 0.3 is 0 Å². The van der Waals surface area contributed by atoms with E-state index < -0.39 is 5.54 Å². The van der Waals surface area contributed by atoms with Crippen LogP contribution in [-0.4, -0.2) is 49.8 Å². The number of methoxy groups -OCH3 is 1. The number of nitriles is 1. The van der Waals surface area contributed by atoms with Crippen LogP contribution in [0.25, 0.3) is 0 Å². The molecule has 0 bridgehead atoms. The zero-order chi connectivity index (χ0) is 13.5. The second kappa shape index (κ2) is 7.65. The second-order valence-electron chi connectivity index (χ2n) is 5.07. The molecule has 4 heteroatoms. The van der Waals surface area contributed by atoms with Crippen LogP contribution < -0.4 is 5.32 Å². The Bertz CT molecular complexity index is 250. The van der Waals surface area contributed by atoms with Crippen LogP contribution in [0.2, 0.25) is 0 Å². The summed E-state index contributed by atoms with van der Waals surface area (Å²) >= 11 is 0. The van der Waals surface area contributed by atoms with Crippen molar-refractivity contribution in [3.8, 4) is 6.07 Å². The third kappa shape index (κ3) is 5.49. The molecule has 0 heterocycles. The van der Waals surface area contributed by atoms with Crippen molar-refractivity contribution in [2.24, 2.45) is 0 Å². The van der Waals surface area contributed by atoms with E-state index in [1.807, 2.05) is 14.0 Å². The molecular weight excluding hydrogens is 214 g/mol. The first kappa shape index (κ1) is 16.4. The van der Waals surface area contributed by atoms with Crippen LogP contribution in [0.15, 0.2) is 0 Å². The maximum absolute atomic E-state index is 9.17. The summed E-state index contributed by atoms with van der Waals surface area (Å²) in [4.78, 5) is 2.37. The molecule has 0 aliphatic carbocycles. The molecule has 100 valence electrons. The average molecular weight is 241 g/mol. The number of hydrogen-bond donors (Lipinski definition) is 1. The minimum Gasteiger partial charge on any atom is -0.383 e. The smallest absolute Gasteiger partial charge is 0.105 e. The van der Waals surface area contributed by atoms with Crippen molar-refractivity contribution in [3.05, 3.63) is 0 Å². The van der Waals surface area contributed by atoms with E-state index in [-0.39, 0.29) is 0 Å². The van der Waals surface area contributed by atoms with Gasteiger partial charge in [0.05, 0.1) is 12.7 Å². The fraction of sp³-hybridized carbons (Fsp3) is 0.923. The van der Waals surface area contributed by atoms with Crippen molar-refractivity contribution in [1.29, 1.82) is 5.26 Å². The summed E-state index contributed by atoms with van der Waals surface area (Å²) in [6.45, 7) is 10.1. The van der Waals surface area contributed by atoms with Crippen molar-refractivity contribution in [1.82, 2.24) is 10.2 Å². The lowest BCUT2D eigenvalue weighted by atomic mass is 9.94. The normalized spacial score (nSPS) is 16.9. The first-order valence-corrected chi connectivity index (χ1v) is 6.25. The van der Waals surface area contributed by atoms with Crippen LogP contribution >= 0.6 is 0 Å². The highest BCUT2D eigenvalue weighted by Crippen LogP contribution is 2.17. The predicted molar refractivity (Wildman–Crippen MR) is 70.9 cm³/mol. The first-order valence-electron chi connectivity index (χ1n) is 6.25. The number of nitrogens with zero attached hydrogens (tertiary/aromatic N) is 2. The van der Waals surface area contributed by atoms with E-state index in [4.69, 9.17) is 4.74 Å². The highest BCUT2D eigenvalue weighted by molar-refractivity contribution is 5.04. The molecular formula is C13H27N3O. The Balaban J connectivity index is 4.52. The van der Waals surface area contributed by atoms with Crippen molar-refractivity contribution in [3.63, 3.8) is 0 Å². The molecule has 0 aromatic heterocycles. The monoisotopic (exact) mass is 241 g/mol. The van der Waals surface area contributed by atoms with Crippen LogP contribution in [0.5, 0.6) is 0 Å². The first-order chi connectivity index (χ1) is 7.90. The zero-order valence-corrected chi connectivity index (χ0v) is 12.1. The van der Waals surface area contributed by atoms with Gasteiger partial charge in [-0.2, -0.15) is 5.26 Å². The summed E-state index contributed by atoms with van der Waals surface area (Å²) in [5.41, 5.74) is -0.459. The lowest BCUT2D eigenvalue weighted by Crippen LogP contribution is -2.48.